The molecule has 0 aliphatic carbocycles. The van der Waals surface area contributed by atoms with Gasteiger partial charge in [0.25, 0.3) is 5.91 Å². The minimum Gasteiger partial charge on any atom is -0.325 e. The van der Waals surface area contributed by atoms with Gasteiger partial charge >= 0.3 is 0 Å². The van der Waals surface area contributed by atoms with Crippen LogP contribution in [0.25, 0.3) is 0 Å². The number of carbonyl (C=O) groups excluding carboxylic acids is 2. The zero-order chi connectivity index (χ0) is 18.4. The first-order chi connectivity index (χ1) is 12.6. The lowest BCUT2D eigenvalue weighted by Crippen LogP contribution is -2.15. The monoisotopic (exact) mass is 369 g/mol. The number of amides is 2. The highest BCUT2D eigenvalue weighted by molar-refractivity contribution is 7.99. The number of nitrogens with one attached hydrogen (secondary N) is 2. The smallest absolute Gasteiger partial charge is 0.255 e. The molecule has 2 amide bonds. The molecule has 0 saturated heterocycles. The average Bonchev–Trinajstić information content (AvgIpc) is 3.06. The summed E-state index contributed by atoms with van der Waals surface area (Å²) in [6, 6.07) is 10.1. The van der Waals surface area contributed by atoms with E-state index in [0.29, 0.717) is 22.1 Å². The van der Waals surface area contributed by atoms with Crippen molar-refractivity contribution < 1.29 is 9.59 Å². The molecule has 26 heavy (non-hydrogen) atoms. The number of rotatable bonds is 6. The van der Waals surface area contributed by atoms with Crippen LogP contribution in [0, 0.1) is 0 Å². The average molecular weight is 369 g/mol. The fourth-order valence-electron chi connectivity index (χ4n) is 2.02. The number of hydrogen-bond acceptors (Lipinski definition) is 7. The maximum absolute atomic E-state index is 12.2. The summed E-state index contributed by atoms with van der Waals surface area (Å²) in [6.45, 7) is 0. The van der Waals surface area contributed by atoms with E-state index in [0.717, 1.165) is 0 Å². The number of tetrazole rings is 1. The molecule has 2 heterocycles. The molecule has 2 aromatic heterocycles. The van der Waals surface area contributed by atoms with E-state index in [9.17, 15) is 9.59 Å². The minimum absolute atomic E-state index is 0.178. The van der Waals surface area contributed by atoms with Gasteiger partial charge in [-0.25, -0.2) is 4.68 Å². The summed E-state index contributed by atoms with van der Waals surface area (Å²) in [5.41, 5.74) is 1.70. The van der Waals surface area contributed by atoms with Gasteiger partial charge < -0.3 is 10.6 Å². The van der Waals surface area contributed by atoms with E-state index in [4.69, 9.17) is 0 Å². The van der Waals surface area contributed by atoms with Gasteiger partial charge in [0, 0.05) is 24.5 Å². The highest BCUT2D eigenvalue weighted by Gasteiger charge is 2.09. The molecule has 0 saturated carbocycles. The minimum atomic E-state index is -0.249. The topological polar surface area (TPSA) is 115 Å². The van der Waals surface area contributed by atoms with Crippen molar-refractivity contribution in [2.24, 2.45) is 7.05 Å². The molecule has 2 N–H and O–H groups in total. The summed E-state index contributed by atoms with van der Waals surface area (Å²) in [5, 5.41) is 17.1. The Morgan fingerprint density at radius 2 is 1.92 bits per heavy atom. The van der Waals surface area contributed by atoms with Crippen LogP contribution in [0.5, 0.6) is 0 Å². The lowest BCUT2D eigenvalue weighted by atomic mass is 10.2. The number of hydrogen-bond donors (Lipinski definition) is 2. The predicted molar refractivity (Wildman–Crippen MR) is 96.8 cm³/mol. The van der Waals surface area contributed by atoms with Crippen LogP contribution in [0.1, 0.15) is 10.4 Å². The van der Waals surface area contributed by atoms with E-state index in [1.165, 1.54) is 16.4 Å². The zero-order valence-corrected chi connectivity index (χ0v) is 14.6. The first kappa shape index (κ1) is 17.5. The third-order valence-electron chi connectivity index (χ3n) is 3.26. The van der Waals surface area contributed by atoms with Crippen LogP contribution < -0.4 is 10.6 Å². The fraction of sp³-hybridized carbons (Fsp3) is 0.125. The molecular weight excluding hydrogens is 354 g/mol. The molecular formula is C16H15N7O2S. The summed E-state index contributed by atoms with van der Waals surface area (Å²) < 4.78 is 1.49. The Morgan fingerprint density at radius 1 is 1.12 bits per heavy atom. The van der Waals surface area contributed by atoms with E-state index in [2.05, 4.69) is 31.1 Å². The van der Waals surface area contributed by atoms with Gasteiger partial charge in [-0.3, -0.25) is 14.6 Å². The van der Waals surface area contributed by atoms with Gasteiger partial charge in [0.2, 0.25) is 11.1 Å². The van der Waals surface area contributed by atoms with Crippen molar-refractivity contribution in [1.82, 2.24) is 25.2 Å². The molecule has 3 aromatic rings. The number of nitrogens with zero attached hydrogens (tertiary/aromatic N) is 5. The largest absolute Gasteiger partial charge is 0.325 e. The summed E-state index contributed by atoms with van der Waals surface area (Å²) in [5.74, 6) is -0.260. The molecule has 1 aromatic carbocycles. The first-order valence-electron chi connectivity index (χ1n) is 7.58. The molecule has 0 fully saturated rings. The highest BCUT2D eigenvalue weighted by atomic mass is 32.2. The Morgan fingerprint density at radius 3 is 2.58 bits per heavy atom. The van der Waals surface area contributed by atoms with E-state index >= 15 is 0 Å². The lowest BCUT2D eigenvalue weighted by molar-refractivity contribution is -0.113. The van der Waals surface area contributed by atoms with Crippen molar-refractivity contribution in [2.75, 3.05) is 16.4 Å². The van der Waals surface area contributed by atoms with Crippen LogP contribution >= 0.6 is 11.8 Å². The SMILES string of the molecule is Cn1nnnc1SCC(=O)Nc1ccc(C(=O)Nc2cccnc2)cc1. The molecule has 3 rings (SSSR count). The van der Waals surface area contributed by atoms with E-state index in [1.807, 2.05) is 0 Å². The van der Waals surface area contributed by atoms with Gasteiger partial charge in [0.05, 0.1) is 17.6 Å². The van der Waals surface area contributed by atoms with Crippen molar-refractivity contribution in [3.63, 3.8) is 0 Å². The van der Waals surface area contributed by atoms with Gasteiger partial charge in [-0.1, -0.05) is 11.8 Å². The summed E-state index contributed by atoms with van der Waals surface area (Å²) >= 11 is 1.24. The number of benzene rings is 1. The van der Waals surface area contributed by atoms with Gasteiger partial charge in [-0.2, -0.15) is 0 Å². The normalized spacial score (nSPS) is 10.3. The van der Waals surface area contributed by atoms with Crippen molar-refractivity contribution in [2.45, 2.75) is 5.16 Å². The number of aromatic nitrogens is 5. The maximum Gasteiger partial charge on any atom is 0.255 e. The van der Waals surface area contributed by atoms with E-state index < -0.39 is 0 Å². The number of aryl methyl sites for hydroxylation is 1. The van der Waals surface area contributed by atoms with E-state index in [-0.39, 0.29) is 17.6 Å². The summed E-state index contributed by atoms with van der Waals surface area (Å²) in [7, 11) is 1.70. The Balaban J connectivity index is 1.53. The third kappa shape index (κ3) is 4.63. The molecule has 0 aliphatic rings. The molecule has 0 aliphatic heterocycles. The predicted octanol–water partition coefficient (Wildman–Crippen LogP) is 1.59. The second-order valence-electron chi connectivity index (χ2n) is 5.20. The highest BCUT2D eigenvalue weighted by Crippen LogP contribution is 2.15. The van der Waals surface area contributed by atoms with Gasteiger partial charge in [0.1, 0.15) is 0 Å². The van der Waals surface area contributed by atoms with E-state index in [1.54, 1.807) is 55.8 Å². The van der Waals surface area contributed by atoms with Gasteiger partial charge in [-0.15, -0.1) is 5.10 Å². The molecule has 9 nitrogen and oxygen atoms in total. The molecule has 0 radical (unpaired) electrons. The standard InChI is InChI=1S/C16H15N7O2S/c1-23-16(20-21-22-23)26-10-14(24)18-12-6-4-11(5-7-12)15(25)19-13-3-2-8-17-9-13/h2-9H,10H2,1H3,(H,18,24)(H,19,25). The summed E-state index contributed by atoms with van der Waals surface area (Å²) in [6.07, 6.45) is 3.20. The zero-order valence-electron chi connectivity index (χ0n) is 13.8. The Bertz CT molecular complexity index is 896. The van der Waals surface area contributed by atoms with Crippen molar-refractivity contribution in [3.8, 4) is 0 Å². The van der Waals surface area contributed by atoms with Crippen molar-refractivity contribution in [3.05, 3.63) is 54.4 Å². The van der Waals surface area contributed by atoms with Crippen LogP contribution in [0.2, 0.25) is 0 Å². The molecule has 10 heteroatoms. The molecule has 0 bridgehead atoms. The summed E-state index contributed by atoms with van der Waals surface area (Å²) in [4.78, 5) is 28.1. The Labute approximate surface area is 153 Å². The van der Waals surface area contributed by atoms with Gasteiger partial charge in [0.15, 0.2) is 0 Å². The third-order valence-corrected chi connectivity index (χ3v) is 4.27. The molecule has 0 atom stereocenters. The maximum atomic E-state index is 12.2. The first-order valence-corrected chi connectivity index (χ1v) is 8.57. The second-order valence-corrected chi connectivity index (χ2v) is 6.14. The van der Waals surface area contributed by atoms with Gasteiger partial charge in [-0.05, 0) is 46.8 Å². The Kier molecular flexibility index (Phi) is 5.54. The van der Waals surface area contributed by atoms with Crippen LogP contribution in [0.3, 0.4) is 0 Å². The second kappa shape index (κ2) is 8.21. The van der Waals surface area contributed by atoms with Crippen molar-refractivity contribution >= 4 is 35.0 Å². The van der Waals surface area contributed by atoms with Crippen LogP contribution in [-0.4, -0.2) is 42.8 Å². The Hall–Kier alpha value is -3.27. The number of thioether (sulfide) groups is 1. The molecule has 132 valence electrons. The van der Waals surface area contributed by atoms with Crippen LogP contribution in [-0.2, 0) is 11.8 Å². The lowest BCUT2D eigenvalue weighted by Gasteiger charge is -2.07. The number of pyridine rings is 1. The number of anilines is 2. The fourth-order valence-corrected chi connectivity index (χ4v) is 2.67. The van der Waals surface area contributed by atoms with Crippen LogP contribution in [0.4, 0.5) is 11.4 Å². The molecule has 0 spiro atoms. The van der Waals surface area contributed by atoms with Crippen molar-refractivity contribution in [1.29, 1.82) is 0 Å². The van der Waals surface area contributed by atoms with Crippen LogP contribution in [0.15, 0.2) is 53.9 Å². The molecule has 0 unspecified atom stereocenters. The quantitative estimate of drug-likeness (QED) is 0.634. The number of carbonyl (C=O) groups is 2.